The fraction of sp³-hybridized carbons (Fsp3) is 0.0800. The Kier molecular flexibility index (Phi) is 5.91. The molecule has 7 nitrogen and oxygen atoms in total. The third-order valence-corrected chi connectivity index (χ3v) is 5.17. The molecule has 33 heavy (non-hydrogen) atoms. The molecule has 0 aliphatic carbocycles. The predicted molar refractivity (Wildman–Crippen MR) is 117 cm³/mol. The summed E-state index contributed by atoms with van der Waals surface area (Å²) < 4.78 is 19.9. The number of ether oxygens (including phenoxy) is 1. The normalized spacial score (nSPS) is 17.2. The molecule has 1 aliphatic rings. The molecule has 166 valence electrons. The number of carboxylic acids is 1. The third-order valence-electron chi connectivity index (χ3n) is 5.17. The first kappa shape index (κ1) is 21.8. The maximum absolute atomic E-state index is 14.8. The van der Waals surface area contributed by atoms with Crippen LogP contribution in [0.5, 0.6) is 5.75 Å². The second-order valence-electron chi connectivity index (χ2n) is 7.23. The van der Waals surface area contributed by atoms with E-state index in [2.05, 4.69) is 0 Å². The van der Waals surface area contributed by atoms with Crippen LogP contribution < -0.4 is 9.64 Å². The summed E-state index contributed by atoms with van der Waals surface area (Å²) in [7, 11) is 0. The van der Waals surface area contributed by atoms with Crippen LogP contribution in [0.4, 0.5) is 10.1 Å². The average molecular weight is 447 g/mol. The number of hydrogen-bond donors (Lipinski definition) is 2. The lowest BCUT2D eigenvalue weighted by atomic mass is 9.94. The topological polar surface area (TPSA) is 104 Å². The van der Waals surface area contributed by atoms with Crippen LogP contribution in [0.15, 0.2) is 84.4 Å². The van der Waals surface area contributed by atoms with Gasteiger partial charge in [-0.25, -0.2) is 9.18 Å². The largest absolute Gasteiger partial charge is 0.507 e. The Morgan fingerprint density at radius 3 is 2.18 bits per heavy atom. The highest BCUT2D eigenvalue weighted by Gasteiger charge is 2.47. The summed E-state index contributed by atoms with van der Waals surface area (Å²) >= 11 is 0. The quantitative estimate of drug-likeness (QED) is 0.337. The van der Waals surface area contributed by atoms with Crippen LogP contribution >= 0.6 is 0 Å². The first-order valence-electron chi connectivity index (χ1n) is 9.94. The zero-order valence-electron chi connectivity index (χ0n) is 17.1. The molecular formula is C25H18FNO6. The minimum atomic E-state index is -1.21. The van der Waals surface area contributed by atoms with E-state index in [1.165, 1.54) is 42.5 Å². The summed E-state index contributed by atoms with van der Waals surface area (Å²) in [5.41, 5.74) is 0.372. The van der Waals surface area contributed by atoms with Crippen LogP contribution in [0.25, 0.3) is 5.76 Å². The first-order valence-corrected chi connectivity index (χ1v) is 9.94. The molecule has 1 amide bonds. The number of benzene rings is 3. The fourth-order valence-corrected chi connectivity index (χ4v) is 3.69. The minimum absolute atomic E-state index is 0.0420. The summed E-state index contributed by atoms with van der Waals surface area (Å²) in [5.74, 6) is -3.84. The number of aliphatic carboxylic acids is 1. The van der Waals surface area contributed by atoms with Gasteiger partial charge in [-0.15, -0.1) is 0 Å². The van der Waals surface area contributed by atoms with Crippen LogP contribution in [0, 0.1) is 5.82 Å². The molecule has 0 unspecified atom stereocenters. The Morgan fingerprint density at radius 2 is 1.55 bits per heavy atom. The maximum atomic E-state index is 14.8. The lowest BCUT2D eigenvalue weighted by Gasteiger charge is -2.26. The van der Waals surface area contributed by atoms with Crippen LogP contribution in [-0.2, 0) is 14.4 Å². The number of carbonyl (C=O) groups is 3. The van der Waals surface area contributed by atoms with Crippen molar-refractivity contribution in [1.82, 2.24) is 0 Å². The second kappa shape index (κ2) is 8.96. The van der Waals surface area contributed by atoms with Crippen LogP contribution in [-0.4, -0.2) is 34.5 Å². The van der Waals surface area contributed by atoms with Crippen LogP contribution in [0.3, 0.4) is 0 Å². The Balaban J connectivity index is 1.84. The monoisotopic (exact) mass is 447 g/mol. The number of aliphatic hydroxyl groups excluding tert-OH is 1. The number of nitrogens with zero attached hydrogens (tertiary/aromatic N) is 1. The molecule has 8 heteroatoms. The molecule has 0 saturated carbocycles. The van der Waals surface area contributed by atoms with Crippen molar-refractivity contribution in [2.24, 2.45) is 0 Å². The summed E-state index contributed by atoms with van der Waals surface area (Å²) in [5, 5.41) is 19.7. The van der Waals surface area contributed by atoms with Crippen molar-refractivity contribution in [2.75, 3.05) is 11.5 Å². The molecule has 3 aromatic rings. The van der Waals surface area contributed by atoms with Crippen LogP contribution in [0.2, 0.25) is 0 Å². The molecule has 3 aromatic carbocycles. The number of carboxylic acid groups (broad SMARTS) is 1. The summed E-state index contributed by atoms with van der Waals surface area (Å²) in [6, 6.07) is 18.5. The van der Waals surface area contributed by atoms with Crippen molar-refractivity contribution >= 4 is 29.1 Å². The van der Waals surface area contributed by atoms with Gasteiger partial charge in [0.25, 0.3) is 11.7 Å². The van der Waals surface area contributed by atoms with E-state index in [-0.39, 0.29) is 22.6 Å². The highest BCUT2D eigenvalue weighted by Crippen LogP contribution is 2.43. The van der Waals surface area contributed by atoms with Gasteiger partial charge in [0.2, 0.25) is 0 Å². The number of halogens is 1. The lowest BCUT2D eigenvalue weighted by Crippen LogP contribution is -2.29. The smallest absolute Gasteiger partial charge is 0.341 e. The van der Waals surface area contributed by atoms with Gasteiger partial charge in [0.15, 0.2) is 6.61 Å². The third kappa shape index (κ3) is 4.18. The summed E-state index contributed by atoms with van der Waals surface area (Å²) in [6.45, 7) is -0.545. The van der Waals surface area contributed by atoms with Gasteiger partial charge in [-0.05, 0) is 30.3 Å². The Morgan fingerprint density at radius 1 is 0.909 bits per heavy atom. The van der Waals surface area contributed by atoms with E-state index in [4.69, 9.17) is 9.84 Å². The Labute approximate surface area is 188 Å². The van der Waals surface area contributed by atoms with Crippen molar-refractivity contribution in [3.63, 3.8) is 0 Å². The molecule has 1 saturated heterocycles. The molecule has 1 heterocycles. The molecule has 4 rings (SSSR count). The number of aliphatic hydroxyl groups is 1. The maximum Gasteiger partial charge on any atom is 0.341 e. The van der Waals surface area contributed by atoms with E-state index < -0.39 is 41.9 Å². The number of hydrogen-bond acceptors (Lipinski definition) is 5. The predicted octanol–water partition coefficient (Wildman–Crippen LogP) is 3.92. The summed E-state index contributed by atoms with van der Waals surface area (Å²) in [6.07, 6.45) is 0. The highest BCUT2D eigenvalue weighted by atomic mass is 19.1. The highest BCUT2D eigenvalue weighted by molar-refractivity contribution is 6.51. The van der Waals surface area contributed by atoms with Crippen molar-refractivity contribution in [1.29, 1.82) is 0 Å². The van der Waals surface area contributed by atoms with Crippen molar-refractivity contribution < 1.29 is 33.7 Å². The second-order valence-corrected chi connectivity index (χ2v) is 7.23. The Bertz CT molecular complexity index is 1250. The number of amides is 1. The van der Waals surface area contributed by atoms with E-state index >= 15 is 0 Å². The zero-order chi connectivity index (χ0) is 23.5. The van der Waals surface area contributed by atoms with E-state index in [1.54, 1.807) is 36.4 Å². The van der Waals surface area contributed by atoms with Gasteiger partial charge in [0.05, 0.1) is 11.6 Å². The first-order chi connectivity index (χ1) is 15.9. The average Bonchev–Trinajstić information content (AvgIpc) is 3.08. The number of carbonyl (C=O) groups excluding carboxylic acids is 2. The van der Waals surface area contributed by atoms with Crippen molar-refractivity contribution in [2.45, 2.75) is 6.04 Å². The molecule has 0 radical (unpaired) electrons. The number of Topliss-reactive ketones (excluding diaryl/α,β-unsaturated/α-hetero) is 1. The minimum Gasteiger partial charge on any atom is -0.507 e. The number of ketones is 1. The lowest BCUT2D eigenvalue weighted by molar-refractivity contribution is -0.139. The van der Waals surface area contributed by atoms with E-state index in [0.717, 1.165) is 4.90 Å². The zero-order valence-corrected chi connectivity index (χ0v) is 17.1. The van der Waals surface area contributed by atoms with Gasteiger partial charge in [-0.3, -0.25) is 14.5 Å². The van der Waals surface area contributed by atoms with Gasteiger partial charge in [0.1, 0.15) is 17.3 Å². The number of rotatable bonds is 6. The fourth-order valence-electron chi connectivity index (χ4n) is 3.69. The molecule has 2 N–H and O–H groups in total. The molecule has 1 atom stereocenters. The Hall–Kier alpha value is -4.46. The van der Waals surface area contributed by atoms with Gasteiger partial charge in [0, 0.05) is 16.8 Å². The van der Waals surface area contributed by atoms with E-state index in [0.29, 0.717) is 5.56 Å². The van der Waals surface area contributed by atoms with Crippen molar-refractivity contribution in [3.8, 4) is 5.75 Å². The van der Waals surface area contributed by atoms with Crippen LogP contribution in [0.1, 0.15) is 17.2 Å². The number of anilines is 1. The van der Waals surface area contributed by atoms with Gasteiger partial charge in [-0.1, -0.05) is 48.5 Å². The SMILES string of the molecule is O=C(O)COc1ccc(N2C(=O)C(=O)C(=C(O)c3ccccc3)[C@H]2c2ccccc2F)cc1. The molecule has 1 aliphatic heterocycles. The van der Waals surface area contributed by atoms with E-state index in [9.17, 15) is 23.9 Å². The van der Waals surface area contributed by atoms with Gasteiger partial charge < -0.3 is 14.9 Å². The summed E-state index contributed by atoms with van der Waals surface area (Å²) in [4.78, 5) is 37.9. The molecule has 1 fully saturated rings. The molecule has 0 bridgehead atoms. The molecule has 0 aromatic heterocycles. The van der Waals surface area contributed by atoms with Gasteiger partial charge >= 0.3 is 5.97 Å². The molecular weight excluding hydrogens is 429 g/mol. The van der Waals surface area contributed by atoms with Crippen molar-refractivity contribution in [3.05, 3.63) is 101 Å². The van der Waals surface area contributed by atoms with Gasteiger partial charge in [-0.2, -0.15) is 0 Å². The van der Waals surface area contributed by atoms with E-state index in [1.807, 2.05) is 0 Å². The standard InChI is InChI=1S/C25H18FNO6/c26-19-9-5-4-8-18(19)22-21(23(30)15-6-2-1-3-7-15)24(31)25(32)27(22)16-10-12-17(13-11-16)33-14-20(28)29/h1-13,22,30H,14H2,(H,28,29)/t22-/m1/s1. The molecule has 0 spiro atoms.